The lowest BCUT2D eigenvalue weighted by Crippen LogP contribution is -2.32. The number of benzene rings is 1. The number of carbonyl (C=O) groups excluding carboxylic acids is 1. The molecule has 2 heterocycles. The van der Waals surface area contributed by atoms with Gasteiger partial charge in [0, 0.05) is 25.0 Å². The van der Waals surface area contributed by atoms with Gasteiger partial charge in [-0.15, -0.1) is 0 Å². The van der Waals surface area contributed by atoms with Crippen LogP contribution in [0.4, 0.5) is 11.6 Å². The molecule has 0 saturated carbocycles. The van der Waals surface area contributed by atoms with E-state index in [4.69, 9.17) is 4.74 Å². The fourth-order valence-corrected chi connectivity index (χ4v) is 3.14. The van der Waals surface area contributed by atoms with Crippen LogP contribution < -0.4 is 10.6 Å². The number of hydrogen-bond acceptors (Lipinski definition) is 5. The number of hydrogen-bond donors (Lipinski definition) is 2. The van der Waals surface area contributed by atoms with Crippen molar-refractivity contribution in [2.24, 2.45) is 0 Å². The summed E-state index contributed by atoms with van der Waals surface area (Å²) in [5, 5.41) is 6.11. The minimum absolute atomic E-state index is 0.112. The first kappa shape index (κ1) is 17.4. The number of rotatable bonds is 5. The van der Waals surface area contributed by atoms with E-state index < -0.39 is 0 Å². The Kier molecular flexibility index (Phi) is 5.28. The molecule has 1 amide bonds. The van der Waals surface area contributed by atoms with Crippen molar-refractivity contribution in [2.45, 2.75) is 39.7 Å². The molecular weight excluding hydrogens is 316 g/mol. The summed E-state index contributed by atoms with van der Waals surface area (Å²) >= 11 is 0. The van der Waals surface area contributed by atoms with Crippen LogP contribution in [-0.4, -0.2) is 35.1 Å². The molecule has 0 aliphatic carbocycles. The van der Waals surface area contributed by atoms with Gasteiger partial charge in [0.15, 0.2) is 0 Å². The Morgan fingerprint density at radius 1 is 1.28 bits per heavy atom. The topological polar surface area (TPSA) is 76.1 Å². The SMILES string of the molecule is Cc1cc(C)c(Nc2nccc(C(=O)NCC3CCCO3)n2)c(C)c1. The van der Waals surface area contributed by atoms with Gasteiger partial charge in [-0.25, -0.2) is 9.97 Å². The van der Waals surface area contributed by atoms with Crippen LogP contribution in [0.3, 0.4) is 0 Å². The van der Waals surface area contributed by atoms with Crippen molar-refractivity contribution in [1.82, 2.24) is 15.3 Å². The van der Waals surface area contributed by atoms with Gasteiger partial charge in [-0.2, -0.15) is 0 Å². The first-order valence-electron chi connectivity index (χ1n) is 8.60. The molecule has 3 rings (SSSR count). The van der Waals surface area contributed by atoms with E-state index in [1.165, 1.54) is 5.56 Å². The molecule has 0 spiro atoms. The molecule has 1 aliphatic heterocycles. The molecule has 6 heteroatoms. The molecule has 1 fully saturated rings. The van der Waals surface area contributed by atoms with Gasteiger partial charge in [-0.1, -0.05) is 17.7 Å². The molecule has 0 radical (unpaired) electrons. The zero-order valence-electron chi connectivity index (χ0n) is 14.9. The van der Waals surface area contributed by atoms with Crippen LogP contribution in [0.15, 0.2) is 24.4 Å². The van der Waals surface area contributed by atoms with Gasteiger partial charge in [0.1, 0.15) is 5.69 Å². The zero-order chi connectivity index (χ0) is 17.8. The zero-order valence-corrected chi connectivity index (χ0v) is 14.9. The van der Waals surface area contributed by atoms with E-state index in [-0.39, 0.29) is 12.0 Å². The molecule has 1 saturated heterocycles. The van der Waals surface area contributed by atoms with Crippen LogP contribution in [0.2, 0.25) is 0 Å². The third-order valence-electron chi connectivity index (χ3n) is 4.32. The predicted octanol–water partition coefficient (Wildman–Crippen LogP) is 3.05. The van der Waals surface area contributed by atoms with Crippen LogP contribution in [0.5, 0.6) is 0 Å². The Hall–Kier alpha value is -2.47. The number of aryl methyl sites for hydroxylation is 3. The summed E-state index contributed by atoms with van der Waals surface area (Å²) in [5.74, 6) is 0.207. The van der Waals surface area contributed by atoms with Gasteiger partial charge in [0.05, 0.1) is 6.10 Å². The Bertz CT molecular complexity index is 747. The van der Waals surface area contributed by atoms with Crippen molar-refractivity contribution in [3.63, 3.8) is 0 Å². The van der Waals surface area contributed by atoms with Gasteiger partial charge in [-0.3, -0.25) is 4.79 Å². The maximum Gasteiger partial charge on any atom is 0.270 e. The molecule has 2 N–H and O–H groups in total. The molecule has 25 heavy (non-hydrogen) atoms. The summed E-state index contributed by atoms with van der Waals surface area (Å²) in [6.07, 6.45) is 3.75. The highest BCUT2D eigenvalue weighted by molar-refractivity contribution is 5.92. The van der Waals surface area contributed by atoms with E-state index >= 15 is 0 Å². The van der Waals surface area contributed by atoms with E-state index in [0.29, 0.717) is 18.2 Å². The lowest BCUT2D eigenvalue weighted by atomic mass is 10.1. The second-order valence-electron chi connectivity index (χ2n) is 6.51. The van der Waals surface area contributed by atoms with Crippen LogP contribution in [-0.2, 0) is 4.74 Å². The summed E-state index contributed by atoms with van der Waals surface area (Å²) in [4.78, 5) is 20.9. The second-order valence-corrected chi connectivity index (χ2v) is 6.51. The third-order valence-corrected chi connectivity index (χ3v) is 4.32. The Balaban J connectivity index is 1.70. The van der Waals surface area contributed by atoms with Crippen molar-refractivity contribution < 1.29 is 9.53 Å². The van der Waals surface area contributed by atoms with E-state index in [2.05, 4.69) is 39.7 Å². The number of anilines is 2. The molecule has 132 valence electrons. The predicted molar refractivity (Wildman–Crippen MR) is 97.3 cm³/mol. The minimum atomic E-state index is -0.210. The van der Waals surface area contributed by atoms with E-state index in [9.17, 15) is 4.79 Å². The summed E-state index contributed by atoms with van der Waals surface area (Å²) in [7, 11) is 0. The molecule has 1 unspecified atom stereocenters. The highest BCUT2D eigenvalue weighted by Crippen LogP contribution is 2.24. The summed E-state index contributed by atoms with van der Waals surface area (Å²) < 4.78 is 5.52. The van der Waals surface area contributed by atoms with Crippen molar-refractivity contribution >= 4 is 17.5 Å². The highest BCUT2D eigenvalue weighted by atomic mass is 16.5. The minimum Gasteiger partial charge on any atom is -0.376 e. The van der Waals surface area contributed by atoms with E-state index in [0.717, 1.165) is 36.3 Å². The highest BCUT2D eigenvalue weighted by Gasteiger charge is 2.17. The van der Waals surface area contributed by atoms with Crippen molar-refractivity contribution in [2.75, 3.05) is 18.5 Å². The number of aromatic nitrogens is 2. The van der Waals surface area contributed by atoms with Crippen LogP contribution >= 0.6 is 0 Å². The summed E-state index contributed by atoms with van der Waals surface area (Å²) in [5.41, 5.74) is 4.77. The van der Waals surface area contributed by atoms with Gasteiger partial charge in [-0.05, 0) is 50.8 Å². The molecule has 0 bridgehead atoms. The Labute approximate surface area is 148 Å². The Morgan fingerprint density at radius 2 is 2.04 bits per heavy atom. The van der Waals surface area contributed by atoms with Crippen molar-refractivity contribution in [3.05, 3.63) is 46.8 Å². The normalized spacial score (nSPS) is 16.7. The van der Waals surface area contributed by atoms with Crippen molar-refractivity contribution in [3.8, 4) is 0 Å². The number of nitrogens with zero attached hydrogens (tertiary/aromatic N) is 2. The lowest BCUT2D eigenvalue weighted by Gasteiger charge is -2.13. The summed E-state index contributed by atoms with van der Waals surface area (Å²) in [6, 6.07) is 5.83. The molecular formula is C19H24N4O2. The average Bonchev–Trinajstić information content (AvgIpc) is 3.10. The fraction of sp³-hybridized carbons (Fsp3) is 0.421. The number of ether oxygens (including phenoxy) is 1. The largest absolute Gasteiger partial charge is 0.376 e. The average molecular weight is 340 g/mol. The van der Waals surface area contributed by atoms with Crippen LogP contribution in [0, 0.1) is 20.8 Å². The smallest absolute Gasteiger partial charge is 0.270 e. The van der Waals surface area contributed by atoms with E-state index in [1.807, 2.05) is 13.8 Å². The molecule has 2 aromatic rings. The quantitative estimate of drug-likeness (QED) is 0.875. The van der Waals surface area contributed by atoms with Gasteiger partial charge < -0.3 is 15.4 Å². The lowest BCUT2D eigenvalue weighted by molar-refractivity contribution is 0.0853. The van der Waals surface area contributed by atoms with Gasteiger partial charge in [0.2, 0.25) is 5.95 Å². The Morgan fingerprint density at radius 3 is 2.72 bits per heavy atom. The molecule has 1 atom stereocenters. The molecule has 1 aromatic carbocycles. The standard InChI is InChI=1S/C19H24N4O2/c1-12-9-13(2)17(14(3)10-12)23-19-20-7-6-16(22-19)18(24)21-11-15-5-4-8-25-15/h6-7,9-10,15H,4-5,8,11H2,1-3H3,(H,21,24)(H,20,22,23). The molecule has 1 aliphatic rings. The maximum atomic E-state index is 12.3. The first-order valence-corrected chi connectivity index (χ1v) is 8.60. The number of amides is 1. The van der Waals surface area contributed by atoms with Gasteiger partial charge in [0.25, 0.3) is 5.91 Å². The summed E-state index contributed by atoms with van der Waals surface area (Å²) in [6.45, 7) is 7.44. The monoisotopic (exact) mass is 340 g/mol. The molecule has 6 nitrogen and oxygen atoms in total. The second kappa shape index (κ2) is 7.61. The van der Waals surface area contributed by atoms with Crippen LogP contribution in [0.1, 0.15) is 40.0 Å². The fourth-order valence-electron chi connectivity index (χ4n) is 3.14. The maximum absolute atomic E-state index is 12.3. The van der Waals surface area contributed by atoms with Crippen LogP contribution in [0.25, 0.3) is 0 Å². The number of carbonyl (C=O) groups is 1. The van der Waals surface area contributed by atoms with E-state index in [1.54, 1.807) is 12.3 Å². The number of nitrogens with one attached hydrogen (secondary N) is 2. The first-order chi connectivity index (χ1) is 12.0. The third kappa shape index (κ3) is 4.33. The molecule has 1 aromatic heterocycles. The van der Waals surface area contributed by atoms with Gasteiger partial charge >= 0.3 is 0 Å². The van der Waals surface area contributed by atoms with Crippen molar-refractivity contribution in [1.29, 1.82) is 0 Å².